The number of fused-ring (bicyclic) bond motifs is 8. The lowest BCUT2D eigenvalue weighted by Crippen LogP contribution is -2.77. The Morgan fingerprint density at radius 3 is 1.41 bits per heavy atom. The highest BCUT2D eigenvalue weighted by molar-refractivity contribution is 8.00. The zero-order valence-electron chi connectivity index (χ0n) is 14.6. The van der Waals surface area contributed by atoms with Crippen molar-refractivity contribution in [2.45, 2.75) is 9.79 Å². The summed E-state index contributed by atoms with van der Waals surface area (Å²) in [5.74, 6) is 2.00. The van der Waals surface area contributed by atoms with Gasteiger partial charge in [-0.05, 0) is 45.0 Å². The Labute approximate surface area is 163 Å². The average molecular weight is 381 g/mol. The van der Waals surface area contributed by atoms with Gasteiger partial charge in [0.25, 0.3) is 0 Å². The van der Waals surface area contributed by atoms with Crippen LogP contribution in [0, 0.1) is 0 Å². The largest absolute Gasteiger partial charge is 0.458 e. The Balaban J connectivity index is 1.85. The molecular formula is C24H16OSSi. The molecule has 4 aromatic rings. The van der Waals surface area contributed by atoms with E-state index < -0.39 is 8.07 Å². The summed E-state index contributed by atoms with van der Waals surface area (Å²) in [6.07, 6.45) is 0. The molecule has 2 aliphatic rings. The molecule has 6 rings (SSSR count). The summed E-state index contributed by atoms with van der Waals surface area (Å²) in [6.45, 7) is 0. The van der Waals surface area contributed by atoms with Gasteiger partial charge < -0.3 is 4.74 Å². The first-order valence-electron chi connectivity index (χ1n) is 9.13. The van der Waals surface area contributed by atoms with Crippen molar-refractivity contribution < 1.29 is 4.74 Å². The molecule has 2 heterocycles. The number of hydrogen-bond donors (Lipinski definition) is 0. The second-order valence-corrected chi connectivity index (χ2v) is 11.7. The fourth-order valence-corrected chi connectivity index (χ4v) is 11.7. The highest BCUT2D eigenvalue weighted by Gasteiger charge is 2.51. The summed E-state index contributed by atoms with van der Waals surface area (Å²) < 4.78 is 6.36. The molecule has 0 bridgehead atoms. The molecule has 4 aromatic carbocycles. The van der Waals surface area contributed by atoms with Gasteiger partial charge in [-0.15, -0.1) is 0 Å². The van der Waals surface area contributed by atoms with E-state index in [2.05, 4.69) is 97.1 Å². The van der Waals surface area contributed by atoms with Crippen LogP contribution < -0.4 is 25.5 Å². The maximum Gasteiger partial charge on any atom is 0.190 e. The molecule has 0 unspecified atom stereocenters. The molecule has 128 valence electrons. The minimum absolute atomic E-state index is 0.999. The molecule has 0 radical (unpaired) electrons. The lowest BCUT2D eigenvalue weighted by Gasteiger charge is -2.43. The Kier molecular flexibility index (Phi) is 3.19. The van der Waals surface area contributed by atoms with Crippen molar-refractivity contribution in [2.24, 2.45) is 0 Å². The molecule has 0 atom stereocenters. The van der Waals surface area contributed by atoms with E-state index in [4.69, 9.17) is 4.74 Å². The highest BCUT2D eigenvalue weighted by Crippen LogP contribution is 2.37. The molecule has 3 heteroatoms. The first-order chi connectivity index (χ1) is 13.4. The van der Waals surface area contributed by atoms with Crippen LogP contribution in [0.2, 0.25) is 0 Å². The van der Waals surface area contributed by atoms with Crippen LogP contribution in [0.1, 0.15) is 0 Å². The number of benzene rings is 4. The highest BCUT2D eigenvalue weighted by atomic mass is 32.2. The van der Waals surface area contributed by atoms with Crippen molar-refractivity contribution in [3.8, 4) is 11.5 Å². The van der Waals surface area contributed by atoms with Gasteiger partial charge in [-0.3, -0.25) is 0 Å². The second-order valence-electron chi connectivity index (χ2n) is 6.94. The quantitative estimate of drug-likeness (QED) is 0.372. The molecule has 0 N–H and O–H groups in total. The minimum atomic E-state index is -2.40. The Bertz CT molecular complexity index is 1010. The van der Waals surface area contributed by atoms with Gasteiger partial charge in [0.05, 0.1) is 0 Å². The molecule has 27 heavy (non-hydrogen) atoms. The first-order valence-corrected chi connectivity index (χ1v) is 11.9. The minimum Gasteiger partial charge on any atom is -0.458 e. The zero-order valence-corrected chi connectivity index (χ0v) is 16.4. The summed E-state index contributed by atoms with van der Waals surface area (Å²) in [4.78, 5) is 2.74. The Morgan fingerprint density at radius 1 is 0.481 bits per heavy atom. The molecule has 1 spiro atoms. The Hall–Kier alpha value is -2.75. The molecule has 1 nitrogen and oxygen atoms in total. The fourth-order valence-electron chi connectivity index (χ4n) is 4.57. The van der Waals surface area contributed by atoms with E-state index in [1.54, 1.807) is 0 Å². The van der Waals surface area contributed by atoms with Crippen molar-refractivity contribution >= 4 is 40.6 Å². The van der Waals surface area contributed by atoms with E-state index in [0.717, 1.165) is 11.5 Å². The van der Waals surface area contributed by atoms with Crippen LogP contribution in [0.25, 0.3) is 0 Å². The van der Waals surface area contributed by atoms with E-state index in [1.807, 2.05) is 11.8 Å². The summed E-state index contributed by atoms with van der Waals surface area (Å²) >= 11 is 1.89. The van der Waals surface area contributed by atoms with Crippen LogP contribution >= 0.6 is 11.8 Å². The smallest absolute Gasteiger partial charge is 0.190 e. The predicted octanol–water partition coefficient (Wildman–Crippen LogP) is 3.63. The lowest BCUT2D eigenvalue weighted by atomic mass is 10.3. The van der Waals surface area contributed by atoms with E-state index in [9.17, 15) is 0 Å². The standard InChI is InChI=1S/C24H16OSSi/c1-5-13-21-17(9-1)25-18-10-2-6-14-22(18)27(21)23-15-7-3-11-19(23)26-20-12-4-8-16-24(20)27/h1-16H. The van der Waals surface area contributed by atoms with E-state index >= 15 is 0 Å². The monoisotopic (exact) mass is 380 g/mol. The average Bonchev–Trinajstić information content (AvgIpc) is 2.73. The number of rotatable bonds is 0. The summed E-state index contributed by atoms with van der Waals surface area (Å²) in [5, 5.41) is 5.64. The molecule has 0 aliphatic carbocycles. The summed E-state index contributed by atoms with van der Waals surface area (Å²) in [6, 6.07) is 35.1. The Morgan fingerprint density at radius 2 is 0.889 bits per heavy atom. The fraction of sp³-hybridized carbons (Fsp3) is 0. The van der Waals surface area contributed by atoms with Gasteiger partial charge in [-0.2, -0.15) is 0 Å². The van der Waals surface area contributed by atoms with Crippen molar-refractivity contribution in [1.29, 1.82) is 0 Å². The van der Waals surface area contributed by atoms with Crippen molar-refractivity contribution in [3.05, 3.63) is 97.1 Å². The number of hydrogen-bond acceptors (Lipinski definition) is 2. The molecule has 0 saturated carbocycles. The van der Waals surface area contributed by atoms with Gasteiger partial charge >= 0.3 is 0 Å². The maximum atomic E-state index is 6.36. The second kappa shape index (κ2) is 5.62. The molecule has 2 aliphatic heterocycles. The van der Waals surface area contributed by atoms with Crippen LogP contribution in [0.4, 0.5) is 0 Å². The van der Waals surface area contributed by atoms with Crippen LogP contribution in [0.3, 0.4) is 0 Å². The third kappa shape index (κ3) is 1.96. The van der Waals surface area contributed by atoms with Crippen LogP contribution in [-0.2, 0) is 0 Å². The summed E-state index contributed by atoms with van der Waals surface area (Å²) in [7, 11) is -2.40. The van der Waals surface area contributed by atoms with E-state index in [-0.39, 0.29) is 0 Å². The van der Waals surface area contributed by atoms with Crippen molar-refractivity contribution in [2.75, 3.05) is 0 Å². The molecule has 0 saturated heterocycles. The summed E-state index contributed by atoms with van der Waals surface area (Å²) in [5.41, 5.74) is 0. The third-order valence-electron chi connectivity index (χ3n) is 5.60. The van der Waals surface area contributed by atoms with E-state index in [0.29, 0.717) is 0 Å². The van der Waals surface area contributed by atoms with Crippen molar-refractivity contribution in [1.82, 2.24) is 0 Å². The molecular weight excluding hydrogens is 364 g/mol. The van der Waals surface area contributed by atoms with Crippen LogP contribution in [0.5, 0.6) is 11.5 Å². The van der Waals surface area contributed by atoms with Crippen molar-refractivity contribution in [3.63, 3.8) is 0 Å². The van der Waals surface area contributed by atoms with Gasteiger partial charge in [0.1, 0.15) is 11.5 Å². The number of para-hydroxylation sites is 2. The topological polar surface area (TPSA) is 9.23 Å². The van der Waals surface area contributed by atoms with E-state index in [1.165, 1.54) is 30.5 Å². The normalized spacial score (nSPS) is 15.1. The van der Waals surface area contributed by atoms with Gasteiger partial charge in [-0.1, -0.05) is 84.6 Å². The SMILES string of the molecule is c1ccc2c(c1)Oc1ccccc1[Si]21c2ccccc2Sc2ccccc21. The zero-order chi connectivity index (χ0) is 17.8. The molecule has 0 aromatic heterocycles. The lowest BCUT2D eigenvalue weighted by molar-refractivity contribution is 0.487. The maximum absolute atomic E-state index is 6.36. The first kappa shape index (κ1) is 15.3. The van der Waals surface area contributed by atoms with Gasteiger partial charge in [0, 0.05) is 9.79 Å². The van der Waals surface area contributed by atoms with Crippen LogP contribution in [0.15, 0.2) is 107 Å². The number of ether oxygens (including phenoxy) is 1. The van der Waals surface area contributed by atoms with Gasteiger partial charge in [-0.25, -0.2) is 0 Å². The van der Waals surface area contributed by atoms with Gasteiger partial charge in [0.2, 0.25) is 0 Å². The third-order valence-corrected chi connectivity index (χ3v) is 12.0. The van der Waals surface area contributed by atoms with Crippen LogP contribution in [-0.4, -0.2) is 8.07 Å². The predicted molar refractivity (Wildman–Crippen MR) is 114 cm³/mol. The molecule has 0 fully saturated rings. The molecule has 0 amide bonds. The van der Waals surface area contributed by atoms with Gasteiger partial charge in [0.15, 0.2) is 8.07 Å².